The van der Waals surface area contributed by atoms with Crippen LogP contribution in [-0.2, 0) is 16.0 Å². The summed E-state index contributed by atoms with van der Waals surface area (Å²) < 4.78 is 0.909. The van der Waals surface area contributed by atoms with Crippen LogP contribution in [0.3, 0.4) is 0 Å². The van der Waals surface area contributed by atoms with Crippen LogP contribution >= 0.6 is 15.9 Å². The van der Waals surface area contributed by atoms with Gasteiger partial charge in [0, 0.05) is 24.4 Å². The molecule has 1 saturated carbocycles. The van der Waals surface area contributed by atoms with Gasteiger partial charge in [0.15, 0.2) is 0 Å². The lowest BCUT2D eigenvalue weighted by Crippen LogP contribution is -2.37. The predicted molar refractivity (Wildman–Crippen MR) is 95.7 cm³/mol. The molecule has 0 unspecified atom stereocenters. The smallest absolute Gasteiger partial charge is 0.234 e. The second-order valence-electron chi connectivity index (χ2n) is 6.59. The zero-order valence-electron chi connectivity index (χ0n) is 13.5. The van der Waals surface area contributed by atoms with Crippen LogP contribution in [0.15, 0.2) is 16.6 Å². The molecule has 1 aromatic carbocycles. The van der Waals surface area contributed by atoms with Crippen molar-refractivity contribution in [1.82, 2.24) is 0 Å². The van der Waals surface area contributed by atoms with Crippen LogP contribution in [0.25, 0.3) is 0 Å². The molecule has 5 heteroatoms. The first-order valence-corrected chi connectivity index (χ1v) is 9.25. The number of amides is 2. The standard InChI is InChI=1S/C18H23BrN2O2/c1-12(22)21(17(23)9-13-5-3-2-4-6-13)16-11-15(19)10-14-7-8-20-18(14)16/h10-11,13,20H,2-9H2,1H3. The Morgan fingerprint density at radius 3 is 2.70 bits per heavy atom. The number of imide groups is 1. The molecular formula is C18H23BrN2O2. The van der Waals surface area contributed by atoms with Crippen molar-refractivity contribution in [1.29, 1.82) is 0 Å². The van der Waals surface area contributed by atoms with Crippen molar-refractivity contribution in [2.24, 2.45) is 5.92 Å². The van der Waals surface area contributed by atoms with Gasteiger partial charge in [-0.1, -0.05) is 35.2 Å². The molecule has 0 aromatic heterocycles. The van der Waals surface area contributed by atoms with E-state index < -0.39 is 0 Å². The highest BCUT2D eigenvalue weighted by atomic mass is 79.9. The molecule has 0 bridgehead atoms. The van der Waals surface area contributed by atoms with Crippen molar-refractivity contribution in [2.45, 2.75) is 51.9 Å². The summed E-state index contributed by atoms with van der Waals surface area (Å²) in [6.07, 6.45) is 7.27. The van der Waals surface area contributed by atoms with Gasteiger partial charge in [-0.3, -0.25) is 9.59 Å². The lowest BCUT2D eigenvalue weighted by molar-refractivity contribution is -0.126. The van der Waals surface area contributed by atoms with Gasteiger partial charge in [0.25, 0.3) is 0 Å². The van der Waals surface area contributed by atoms with Crippen molar-refractivity contribution in [3.05, 3.63) is 22.2 Å². The Balaban J connectivity index is 1.87. The lowest BCUT2D eigenvalue weighted by Gasteiger charge is -2.26. The van der Waals surface area contributed by atoms with Crippen molar-refractivity contribution < 1.29 is 9.59 Å². The van der Waals surface area contributed by atoms with Crippen LogP contribution in [0.4, 0.5) is 11.4 Å². The van der Waals surface area contributed by atoms with Crippen molar-refractivity contribution in [3.63, 3.8) is 0 Å². The largest absolute Gasteiger partial charge is 0.383 e. The summed E-state index contributed by atoms with van der Waals surface area (Å²) in [6.45, 7) is 2.32. The summed E-state index contributed by atoms with van der Waals surface area (Å²) in [5.41, 5.74) is 2.78. The third kappa shape index (κ3) is 3.60. The molecule has 0 radical (unpaired) electrons. The lowest BCUT2D eigenvalue weighted by atomic mass is 9.86. The highest BCUT2D eigenvalue weighted by Crippen LogP contribution is 2.38. The maximum absolute atomic E-state index is 12.8. The number of nitrogens with zero attached hydrogens (tertiary/aromatic N) is 1. The summed E-state index contributed by atoms with van der Waals surface area (Å²) in [5, 5.41) is 3.32. The van der Waals surface area contributed by atoms with Crippen molar-refractivity contribution in [3.8, 4) is 0 Å². The molecule has 23 heavy (non-hydrogen) atoms. The minimum Gasteiger partial charge on any atom is -0.383 e. The van der Waals surface area contributed by atoms with E-state index in [-0.39, 0.29) is 11.8 Å². The second kappa shape index (κ2) is 7.04. The summed E-state index contributed by atoms with van der Waals surface area (Å²) in [5.74, 6) is 0.143. The van der Waals surface area contributed by atoms with Gasteiger partial charge in [0.1, 0.15) is 0 Å². The number of carbonyl (C=O) groups excluding carboxylic acids is 2. The first-order chi connectivity index (χ1) is 11.1. The molecule has 1 aliphatic carbocycles. The van der Waals surface area contributed by atoms with Crippen LogP contribution in [-0.4, -0.2) is 18.4 Å². The average molecular weight is 379 g/mol. The maximum Gasteiger partial charge on any atom is 0.234 e. The number of nitrogens with one attached hydrogen (secondary N) is 1. The topological polar surface area (TPSA) is 49.4 Å². The second-order valence-corrected chi connectivity index (χ2v) is 7.51. The average Bonchev–Trinajstić information content (AvgIpc) is 2.96. The molecule has 0 atom stereocenters. The fourth-order valence-corrected chi connectivity index (χ4v) is 4.25. The van der Waals surface area contributed by atoms with E-state index in [4.69, 9.17) is 0 Å². The molecule has 1 aromatic rings. The van der Waals surface area contributed by atoms with Crippen LogP contribution < -0.4 is 10.2 Å². The highest BCUT2D eigenvalue weighted by Gasteiger charge is 2.28. The van der Waals surface area contributed by atoms with Gasteiger partial charge in [-0.05, 0) is 42.9 Å². The third-order valence-corrected chi connectivity index (χ3v) is 5.31. The Morgan fingerprint density at radius 1 is 1.26 bits per heavy atom. The molecule has 1 aliphatic heterocycles. The quantitative estimate of drug-likeness (QED) is 0.854. The van der Waals surface area contributed by atoms with Gasteiger partial charge < -0.3 is 5.32 Å². The summed E-state index contributed by atoms with van der Waals surface area (Å²) in [4.78, 5) is 26.4. The first-order valence-electron chi connectivity index (χ1n) is 8.46. The fraction of sp³-hybridized carbons (Fsp3) is 0.556. The number of hydrogen-bond acceptors (Lipinski definition) is 3. The molecule has 3 rings (SSSR count). The Labute approximate surface area is 145 Å². The molecule has 124 valence electrons. The van der Waals surface area contributed by atoms with Gasteiger partial charge in [0.2, 0.25) is 11.8 Å². The Bertz CT molecular complexity index is 624. The van der Waals surface area contributed by atoms with Gasteiger partial charge in [-0.25, -0.2) is 4.90 Å². The number of fused-ring (bicyclic) bond motifs is 1. The van der Waals surface area contributed by atoms with Gasteiger partial charge in [-0.2, -0.15) is 0 Å². The number of benzene rings is 1. The molecule has 2 aliphatic rings. The Kier molecular flexibility index (Phi) is 5.05. The normalized spacial score (nSPS) is 17.5. The zero-order chi connectivity index (χ0) is 16.4. The summed E-state index contributed by atoms with van der Waals surface area (Å²) in [6, 6.07) is 3.93. The Hall–Kier alpha value is -1.36. The van der Waals surface area contributed by atoms with E-state index in [9.17, 15) is 9.59 Å². The van der Waals surface area contributed by atoms with Gasteiger partial charge in [0.05, 0.1) is 11.4 Å². The SMILES string of the molecule is CC(=O)N(C(=O)CC1CCCCC1)c1cc(Br)cc2c1NCC2. The fourth-order valence-electron chi connectivity index (χ4n) is 3.76. The monoisotopic (exact) mass is 378 g/mol. The summed E-state index contributed by atoms with van der Waals surface area (Å²) in [7, 11) is 0. The van der Waals surface area contributed by atoms with E-state index in [2.05, 4.69) is 27.3 Å². The molecule has 2 amide bonds. The van der Waals surface area contributed by atoms with E-state index in [1.165, 1.54) is 31.1 Å². The van der Waals surface area contributed by atoms with Crippen molar-refractivity contribution in [2.75, 3.05) is 16.8 Å². The molecule has 1 fully saturated rings. The number of hydrogen-bond donors (Lipinski definition) is 1. The third-order valence-electron chi connectivity index (χ3n) is 4.85. The number of halogens is 1. The Morgan fingerprint density at radius 2 is 2.00 bits per heavy atom. The van der Waals surface area contributed by atoms with E-state index in [0.717, 1.165) is 41.5 Å². The maximum atomic E-state index is 12.8. The van der Waals surface area contributed by atoms with Crippen LogP contribution in [0.2, 0.25) is 0 Å². The van der Waals surface area contributed by atoms with Crippen LogP contribution in [0.5, 0.6) is 0 Å². The van der Waals surface area contributed by atoms with Crippen LogP contribution in [0.1, 0.15) is 51.0 Å². The number of carbonyl (C=O) groups is 2. The molecular weight excluding hydrogens is 356 g/mol. The van der Waals surface area contributed by atoms with E-state index in [1.54, 1.807) is 0 Å². The minimum atomic E-state index is -0.209. The minimum absolute atomic E-state index is 0.0709. The van der Waals surface area contributed by atoms with E-state index in [0.29, 0.717) is 18.0 Å². The molecule has 4 nitrogen and oxygen atoms in total. The number of rotatable bonds is 3. The zero-order valence-corrected chi connectivity index (χ0v) is 15.1. The van der Waals surface area contributed by atoms with Gasteiger partial charge in [-0.15, -0.1) is 0 Å². The highest BCUT2D eigenvalue weighted by molar-refractivity contribution is 9.10. The molecule has 0 saturated heterocycles. The predicted octanol–water partition coefficient (Wildman–Crippen LogP) is 4.27. The number of anilines is 2. The summed E-state index contributed by atoms with van der Waals surface area (Å²) >= 11 is 3.50. The first kappa shape index (κ1) is 16.5. The molecule has 1 N–H and O–H groups in total. The molecule has 0 spiro atoms. The van der Waals surface area contributed by atoms with E-state index in [1.807, 2.05) is 6.07 Å². The molecule has 1 heterocycles. The van der Waals surface area contributed by atoms with Gasteiger partial charge >= 0.3 is 0 Å². The van der Waals surface area contributed by atoms with Crippen LogP contribution in [0, 0.1) is 5.92 Å². The van der Waals surface area contributed by atoms with Crippen molar-refractivity contribution >= 4 is 39.1 Å². The van der Waals surface area contributed by atoms with E-state index >= 15 is 0 Å².